The summed E-state index contributed by atoms with van der Waals surface area (Å²) in [4.78, 5) is 39.1. The van der Waals surface area contributed by atoms with Crippen LogP contribution >= 0.6 is 34.9 Å². The minimum atomic E-state index is -1.43. The van der Waals surface area contributed by atoms with Gasteiger partial charge in [0.15, 0.2) is 16.7 Å². The van der Waals surface area contributed by atoms with Crippen molar-refractivity contribution in [2.75, 3.05) is 16.5 Å². The zero-order valence-corrected chi connectivity index (χ0v) is 20.5. The van der Waals surface area contributed by atoms with E-state index in [1.807, 2.05) is 6.92 Å². The van der Waals surface area contributed by atoms with Crippen LogP contribution in [0.3, 0.4) is 0 Å². The fourth-order valence-electron chi connectivity index (χ4n) is 3.06. The summed E-state index contributed by atoms with van der Waals surface area (Å²) in [6.07, 6.45) is 1.20. The van der Waals surface area contributed by atoms with Gasteiger partial charge in [-0.05, 0) is 22.9 Å². The number of rotatable bonds is 6. The number of aryl methyl sites for hydroxylation is 1. The molecule has 2 atom stereocenters. The van der Waals surface area contributed by atoms with Gasteiger partial charge in [0.2, 0.25) is 5.91 Å². The smallest absolute Gasteiger partial charge is 0.543 e. The van der Waals surface area contributed by atoms with E-state index < -0.39 is 29.2 Å². The van der Waals surface area contributed by atoms with E-state index >= 15 is 0 Å². The average Bonchev–Trinajstić information content (AvgIpc) is 3.34. The van der Waals surface area contributed by atoms with Crippen LogP contribution in [0.4, 0.5) is 0 Å². The van der Waals surface area contributed by atoms with Crippen LogP contribution in [0.15, 0.2) is 21.9 Å². The van der Waals surface area contributed by atoms with Gasteiger partial charge in [-0.1, -0.05) is 23.1 Å². The van der Waals surface area contributed by atoms with E-state index in [2.05, 4.69) is 25.7 Å². The summed E-state index contributed by atoms with van der Waals surface area (Å²) in [5, 5.41) is 31.8. The molecule has 1 fully saturated rings. The molecule has 0 aromatic carbocycles. The van der Waals surface area contributed by atoms with Crippen LogP contribution < -0.4 is 39.7 Å². The number of carboxylic acid groups (broad SMARTS) is 1. The molecule has 0 saturated carbocycles. The first kappa shape index (κ1) is 23.1. The number of tetrazole rings is 1. The number of aliphatic carboxylic acids is 1. The number of carboxylic acids is 1. The molecule has 0 aliphatic carbocycles. The number of amides is 2. The van der Waals surface area contributed by atoms with Gasteiger partial charge >= 0.3 is 29.6 Å². The second-order valence-electron chi connectivity index (χ2n) is 6.06. The third-order valence-corrected chi connectivity index (χ3v) is 7.62. The minimum absolute atomic E-state index is 0. The van der Waals surface area contributed by atoms with Gasteiger partial charge in [0.05, 0.1) is 11.7 Å². The van der Waals surface area contributed by atoms with Gasteiger partial charge in [0, 0.05) is 18.4 Å². The van der Waals surface area contributed by atoms with Crippen molar-refractivity contribution in [1.82, 2.24) is 35.4 Å². The topological polar surface area (TPSA) is 150 Å². The predicted octanol–water partition coefficient (Wildman–Crippen LogP) is -4.60. The predicted molar refractivity (Wildman–Crippen MR) is 101 cm³/mol. The van der Waals surface area contributed by atoms with Crippen molar-refractivity contribution < 1.29 is 49.0 Å². The SMILES string of the molecule is CC(=O)N(C1C(=O)N2C(C(=O)[O-])=C(CSc3nnc(C)s3)CS[C@@H]12)n1cnnn1.[Na+]. The van der Waals surface area contributed by atoms with Gasteiger partial charge in [0.25, 0.3) is 5.91 Å². The first-order valence-corrected chi connectivity index (χ1v) is 11.1. The second kappa shape index (κ2) is 9.32. The number of β-lactam (4-membered cyclic amide) rings is 1. The first-order valence-electron chi connectivity index (χ1n) is 8.22. The molecule has 0 N–H and O–H groups in total. The summed E-state index contributed by atoms with van der Waals surface area (Å²) in [6.45, 7) is 3.12. The Hall–Kier alpha value is -1.52. The Morgan fingerprint density at radius 3 is 2.73 bits per heavy atom. The molecule has 0 bridgehead atoms. The zero-order chi connectivity index (χ0) is 20.7. The van der Waals surface area contributed by atoms with Gasteiger partial charge in [-0.3, -0.25) is 14.5 Å². The molecule has 2 amide bonds. The van der Waals surface area contributed by atoms with E-state index in [1.54, 1.807) is 0 Å². The fourth-order valence-corrected chi connectivity index (χ4v) is 6.40. The molecular weight excluding hydrogens is 463 g/mol. The number of thioether (sulfide) groups is 2. The van der Waals surface area contributed by atoms with Crippen molar-refractivity contribution in [3.63, 3.8) is 0 Å². The van der Waals surface area contributed by atoms with Gasteiger partial charge in [-0.25, -0.2) is 5.01 Å². The van der Waals surface area contributed by atoms with E-state index in [0.29, 0.717) is 21.4 Å². The Morgan fingerprint density at radius 1 is 1.40 bits per heavy atom. The molecule has 0 radical (unpaired) electrons. The summed E-state index contributed by atoms with van der Waals surface area (Å²) in [6, 6.07) is -0.907. The zero-order valence-electron chi connectivity index (χ0n) is 16.1. The van der Waals surface area contributed by atoms with Crippen molar-refractivity contribution >= 4 is 52.6 Å². The molecule has 16 heteroatoms. The number of hydrogen-bond donors (Lipinski definition) is 0. The number of hydrogen-bond acceptors (Lipinski definition) is 12. The number of aromatic nitrogens is 6. The van der Waals surface area contributed by atoms with Crippen LogP contribution in [0.5, 0.6) is 0 Å². The number of carbonyl (C=O) groups is 3. The van der Waals surface area contributed by atoms with Crippen LogP contribution in [0.1, 0.15) is 11.9 Å². The Kier molecular flexibility index (Phi) is 7.19. The van der Waals surface area contributed by atoms with Crippen LogP contribution in [0.25, 0.3) is 0 Å². The summed E-state index contributed by atoms with van der Waals surface area (Å²) in [5.41, 5.74) is 0.414. The number of fused-ring (bicyclic) bond motifs is 1. The summed E-state index contributed by atoms with van der Waals surface area (Å²) in [7, 11) is 0. The van der Waals surface area contributed by atoms with Crippen molar-refractivity contribution in [3.05, 3.63) is 22.6 Å². The molecule has 4 rings (SSSR count). The standard InChI is InChI=1S/C14H14N8O4S3.Na/c1-6-16-17-14(29-6)28-4-8-3-27-12-10(11(24)21(12)9(8)13(25)26)22(7(2)23)20-5-15-18-19-20;/h5,10,12H,3-4H2,1-2H3,(H,25,26);/q;+1/p-1/t10?,12-;/m0./s1. The molecule has 4 heterocycles. The Morgan fingerprint density at radius 2 is 2.17 bits per heavy atom. The van der Waals surface area contributed by atoms with Gasteiger partial charge in [0.1, 0.15) is 10.4 Å². The molecule has 30 heavy (non-hydrogen) atoms. The summed E-state index contributed by atoms with van der Waals surface area (Å²) < 4.78 is 0.717. The van der Waals surface area contributed by atoms with Crippen molar-refractivity contribution in [2.24, 2.45) is 0 Å². The third-order valence-electron chi connectivity index (χ3n) is 4.23. The molecule has 1 saturated heterocycles. The monoisotopic (exact) mass is 476 g/mol. The van der Waals surface area contributed by atoms with E-state index in [1.165, 1.54) is 53.0 Å². The summed E-state index contributed by atoms with van der Waals surface area (Å²) >= 11 is 4.14. The molecule has 0 spiro atoms. The van der Waals surface area contributed by atoms with Crippen LogP contribution in [-0.2, 0) is 14.4 Å². The van der Waals surface area contributed by atoms with E-state index in [4.69, 9.17) is 0 Å². The van der Waals surface area contributed by atoms with Gasteiger partial charge < -0.3 is 9.90 Å². The normalized spacial score (nSPS) is 20.3. The molecule has 2 aliphatic heterocycles. The Bertz CT molecular complexity index is 1010. The molecule has 2 aliphatic rings. The van der Waals surface area contributed by atoms with E-state index in [-0.39, 0.29) is 35.3 Å². The Labute approximate surface area is 204 Å². The van der Waals surface area contributed by atoms with E-state index in [9.17, 15) is 19.5 Å². The Balaban J connectivity index is 0.00000256. The quantitative estimate of drug-likeness (QED) is 0.225. The minimum Gasteiger partial charge on any atom is -0.543 e. The van der Waals surface area contributed by atoms with Crippen LogP contribution in [-0.4, -0.2) is 76.1 Å². The van der Waals surface area contributed by atoms with Crippen LogP contribution in [0.2, 0.25) is 0 Å². The first-order chi connectivity index (χ1) is 13.9. The maximum absolute atomic E-state index is 12.9. The molecule has 2 aromatic rings. The molecule has 12 nitrogen and oxygen atoms in total. The largest absolute Gasteiger partial charge is 1.00 e. The van der Waals surface area contributed by atoms with Gasteiger partial charge in [-0.2, -0.15) is 0 Å². The molecule has 2 aromatic heterocycles. The summed E-state index contributed by atoms with van der Waals surface area (Å²) in [5.74, 6) is -1.68. The van der Waals surface area contributed by atoms with E-state index in [0.717, 1.165) is 14.8 Å². The number of nitrogens with zero attached hydrogens (tertiary/aromatic N) is 8. The van der Waals surface area contributed by atoms with Crippen LogP contribution in [0, 0.1) is 6.92 Å². The fraction of sp³-hybridized carbons (Fsp3) is 0.429. The third kappa shape index (κ3) is 4.13. The maximum Gasteiger partial charge on any atom is 1.00 e. The van der Waals surface area contributed by atoms with Gasteiger partial charge in [-0.15, -0.1) is 31.8 Å². The number of carbonyl (C=O) groups excluding carboxylic acids is 3. The molecule has 152 valence electrons. The second-order valence-corrected chi connectivity index (χ2v) is 9.57. The average molecular weight is 477 g/mol. The van der Waals surface area contributed by atoms with Crippen molar-refractivity contribution in [2.45, 2.75) is 29.6 Å². The van der Waals surface area contributed by atoms with Crippen molar-refractivity contribution in [1.29, 1.82) is 0 Å². The molecule has 1 unspecified atom stereocenters. The molecular formula is C14H13N8NaO4S3. The maximum atomic E-state index is 12.9. The van der Waals surface area contributed by atoms with Crippen molar-refractivity contribution in [3.8, 4) is 0 Å².